The van der Waals surface area contributed by atoms with Gasteiger partial charge in [0, 0.05) is 38.9 Å². The van der Waals surface area contributed by atoms with Gasteiger partial charge in [-0.1, -0.05) is 6.07 Å². The van der Waals surface area contributed by atoms with Crippen molar-refractivity contribution in [2.45, 2.75) is 13.0 Å². The first-order chi connectivity index (χ1) is 8.70. The van der Waals surface area contributed by atoms with E-state index in [1.165, 1.54) is 0 Å². The van der Waals surface area contributed by atoms with Gasteiger partial charge in [-0.25, -0.2) is 4.98 Å². The predicted molar refractivity (Wildman–Crippen MR) is 70.6 cm³/mol. The highest BCUT2D eigenvalue weighted by Gasteiger charge is 2.17. The summed E-state index contributed by atoms with van der Waals surface area (Å²) in [5.74, 6) is 0.961. The van der Waals surface area contributed by atoms with Crippen LogP contribution >= 0.6 is 0 Å². The molecular formula is C13H21N3O2. The molecule has 0 aliphatic carbocycles. The standard InChI is InChI=1S/C13H21N3O2/c1-11(18)12-2-3-13(14-10-12)16-6-4-15(5-7-16)8-9-17/h2-3,10-11,17-18H,4-9H2,1H3/t11-/m0/s1. The summed E-state index contributed by atoms with van der Waals surface area (Å²) in [4.78, 5) is 8.88. The SMILES string of the molecule is C[C@H](O)c1ccc(N2CCN(CCO)CC2)nc1. The lowest BCUT2D eigenvalue weighted by Crippen LogP contribution is -2.47. The number of piperazine rings is 1. The Morgan fingerprint density at radius 1 is 1.28 bits per heavy atom. The number of hydrogen-bond donors (Lipinski definition) is 2. The van der Waals surface area contributed by atoms with Crippen molar-refractivity contribution in [2.75, 3.05) is 44.2 Å². The normalized spacial score (nSPS) is 18.9. The molecule has 0 radical (unpaired) electrons. The van der Waals surface area contributed by atoms with Crippen LogP contribution in [0.4, 0.5) is 5.82 Å². The summed E-state index contributed by atoms with van der Waals surface area (Å²) >= 11 is 0. The lowest BCUT2D eigenvalue weighted by Gasteiger charge is -2.35. The van der Waals surface area contributed by atoms with Gasteiger partial charge < -0.3 is 15.1 Å². The quantitative estimate of drug-likeness (QED) is 0.803. The molecule has 1 aromatic heterocycles. The first-order valence-electron chi connectivity index (χ1n) is 6.43. The Hall–Kier alpha value is -1.17. The zero-order valence-electron chi connectivity index (χ0n) is 10.8. The van der Waals surface area contributed by atoms with Crippen LogP contribution in [0.2, 0.25) is 0 Å². The lowest BCUT2D eigenvalue weighted by atomic mass is 10.2. The average Bonchev–Trinajstić information content (AvgIpc) is 2.40. The molecule has 1 saturated heterocycles. The molecule has 0 bridgehead atoms. The van der Waals surface area contributed by atoms with Crippen LogP contribution in [0.15, 0.2) is 18.3 Å². The Morgan fingerprint density at radius 3 is 2.50 bits per heavy atom. The van der Waals surface area contributed by atoms with Crippen molar-refractivity contribution in [2.24, 2.45) is 0 Å². The smallest absolute Gasteiger partial charge is 0.128 e. The van der Waals surface area contributed by atoms with E-state index in [-0.39, 0.29) is 6.61 Å². The Morgan fingerprint density at radius 2 is 2.00 bits per heavy atom. The van der Waals surface area contributed by atoms with Crippen molar-refractivity contribution >= 4 is 5.82 Å². The van der Waals surface area contributed by atoms with Crippen molar-refractivity contribution in [3.05, 3.63) is 23.9 Å². The van der Waals surface area contributed by atoms with Gasteiger partial charge in [0.1, 0.15) is 5.82 Å². The number of anilines is 1. The fourth-order valence-electron chi connectivity index (χ4n) is 2.17. The van der Waals surface area contributed by atoms with Crippen molar-refractivity contribution in [1.82, 2.24) is 9.88 Å². The molecule has 100 valence electrons. The molecule has 1 aliphatic rings. The van der Waals surface area contributed by atoms with Crippen LogP contribution in [0.1, 0.15) is 18.6 Å². The third-order valence-electron chi connectivity index (χ3n) is 3.37. The molecule has 0 saturated carbocycles. The highest BCUT2D eigenvalue weighted by molar-refractivity contribution is 5.40. The highest BCUT2D eigenvalue weighted by atomic mass is 16.3. The molecule has 5 nitrogen and oxygen atoms in total. The van der Waals surface area contributed by atoms with Crippen molar-refractivity contribution in [3.63, 3.8) is 0 Å². The molecular weight excluding hydrogens is 230 g/mol. The second-order valence-corrected chi connectivity index (χ2v) is 4.68. The van der Waals surface area contributed by atoms with Crippen molar-refractivity contribution in [1.29, 1.82) is 0 Å². The number of hydrogen-bond acceptors (Lipinski definition) is 5. The zero-order valence-corrected chi connectivity index (χ0v) is 10.8. The minimum absolute atomic E-state index is 0.224. The molecule has 0 aromatic carbocycles. The van der Waals surface area contributed by atoms with Crippen LogP contribution in [-0.2, 0) is 0 Å². The first kappa shape index (κ1) is 13.3. The minimum Gasteiger partial charge on any atom is -0.395 e. The maximum absolute atomic E-state index is 9.43. The van der Waals surface area contributed by atoms with Crippen LogP contribution in [0.3, 0.4) is 0 Å². The van der Waals surface area contributed by atoms with E-state index in [4.69, 9.17) is 5.11 Å². The maximum atomic E-state index is 9.43. The number of β-amino-alcohol motifs (C(OH)–C–C–N with tert-alkyl or cyclic N) is 1. The van der Waals surface area contributed by atoms with Gasteiger partial charge in [0.15, 0.2) is 0 Å². The van der Waals surface area contributed by atoms with Gasteiger partial charge in [-0.2, -0.15) is 0 Å². The van der Waals surface area contributed by atoms with E-state index in [9.17, 15) is 5.11 Å². The second-order valence-electron chi connectivity index (χ2n) is 4.68. The predicted octanol–water partition coefficient (Wildman–Crippen LogP) is 0.249. The van der Waals surface area contributed by atoms with E-state index < -0.39 is 6.10 Å². The summed E-state index contributed by atoms with van der Waals surface area (Å²) in [6.07, 6.45) is 1.27. The van der Waals surface area contributed by atoms with Gasteiger partial charge in [0.25, 0.3) is 0 Å². The largest absolute Gasteiger partial charge is 0.395 e. The summed E-state index contributed by atoms with van der Waals surface area (Å²) in [6.45, 7) is 6.50. The van der Waals surface area contributed by atoms with E-state index in [0.29, 0.717) is 0 Å². The molecule has 1 fully saturated rings. The third-order valence-corrected chi connectivity index (χ3v) is 3.37. The number of aliphatic hydroxyl groups excluding tert-OH is 2. The monoisotopic (exact) mass is 251 g/mol. The number of rotatable bonds is 4. The molecule has 1 aliphatic heterocycles. The number of nitrogens with zero attached hydrogens (tertiary/aromatic N) is 3. The van der Waals surface area contributed by atoms with Crippen molar-refractivity contribution < 1.29 is 10.2 Å². The second kappa shape index (κ2) is 6.13. The van der Waals surface area contributed by atoms with Crippen LogP contribution < -0.4 is 4.90 Å². The fraction of sp³-hybridized carbons (Fsp3) is 0.615. The molecule has 18 heavy (non-hydrogen) atoms. The molecule has 5 heteroatoms. The van der Waals surface area contributed by atoms with E-state index in [2.05, 4.69) is 14.8 Å². The van der Waals surface area contributed by atoms with Crippen LogP contribution in [0.25, 0.3) is 0 Å². The van der Waals surface area contributed by atoms with E-state index in [1.54, 1.807) is 13.1 Å². The van der Waals surface area contributed by atoms with Gasteiger partial charge in [0.2, 0.25) is 0 Å². The summed E-state index contributed by atoms with van der Waals surface area (Å²) in [5.41, 5.74) is 0.845. The third kappa shape index (κ3) is 3.19. The van der Waals surface area contributed by atoms with Crippen molar-refractivity contribution in [3.8, 4) is 0 Å². The van der Waals surface area contributed by atoms with Gasteiger partial charge in [0.05, 0.1) is 12.7 Å². The van der Waals surface area contributed by atoms with E-state index >= 15 is 0 Å². The molecule has 2 heterocycles. The number of aromatic nitrogens is 1. The molecule has 0 unspecified atom stereocenters. The number of aliphatic hydroxyl groups is 2. The molecule has 1 atom stereocenters. The molecule has 0 spiro atoms. The highest BCUT2D eigenvalue weighted by Crippen LogP contribution is 2.17. The van der Waals surface area contributed by atoms with Crippen LogP contribution in [0.5, 0.6) is 0 Å². The Balaban J connectivity index is 1.93. The first-order valence-corrected chi connectivity index (χ1v) is 6.43. The molecule has 2 rings (SSSR count). The van der Waals surface area contributed by atoms with E-state index in [0.717, 1.165) is 44.1 Å². The summed E-state index contributed by atoms with van der Waals surface area (Å²) in [6, 6.07) is 3.89. The summed E-state index contributed by atoms with van der Waals surface area (Å²) in [7, 11) is 0. The number of pyridine rings is 1. The zero-order chi connectivity index (χ0) is 13.0. The Bertz CT molecular complexity index is 359. The van der Waals surface area contributed by atoms with Gasteiger partial charge in [-0.15, -0.1) is 0 Å². The van der Waals surface area contributed by atoms with E-state index in [1.807, 2.05) is 12.1 Å². The van der Waals surface area contributed by atoms with Crippen LogP contribution in [0, 0.1) is 0 Å². The Kier molecular flexibility index (Phi) is 4.52. The van der Waals surface area contributed by atoms with Gasteiger partial charge >= 0.3 is 0 Å². The summed E-state index contributed by atoms with van der Waals surface area (Å²) < 4.78 is 0. The molecule has 1 aromatic rings. The summed E-state index contributed by atoms with van der Waals surface area (Å²) in [5, 5.41) is 18.3. The maximum Gasteiger partial charge on any atom is 0.128 e. The Labute approximate surface area is 108 Å². The molecule has 0 amide bonds. The lowest BCUT2D eigenvalue weighted by molar-refractivity contribution is 0.188. The average molecular weight is 251 g/mol. The van der Waals surface area contributed by atoms with Gasteiger partial charge in [-0.3, -0.25) is 4.90 Å². The van der Waals surface area contributed by atoms with Crippen LogP contribution in [-0.4, -0.2) is 59.4 Å². The topological polar surface area (TPSA) is 59.8 Å². The minimum atomic E-state index is -0.465. The van der Waals surface area contributed by atoms with Gasteiger partial charge in [-0.05, 0) is 18.6 Å². The molecule has 2 N–H and O–H groups in total. The fourth-order valence-corrected chi connectivity index (χ4v) is 2.17.